The van der Waals surface area contributed by atoms with Crippen molar-refractivity contribution in [1.82, 2.24) is 0 Å². The highest BCUT2D eigenvalue weighted by molar-refractivity contribution is 6.47. The lowest BCUT2D eigenvalue weighted by Crippen LogP contribution is -2.36. The van der Waals surface area contributed by atoms with Gasteiger partial charge in [-0.05, 0) is 31.4 Å². The first-order valence-corrected chi connectivity index (χ1v) is 10.7. The van der Waals surface area contributed by atoms with Crippen LogP contribution < -0.4 is 4.65 Å². The molecule has 5 nitrogen and oxygen atoms in total. The summed E-state index contributed by atoms with van der Waals surface area (Å²) in [6, 6.07) is 5.05. The van der Waals surface area contributed by atoms with Crippen LogP contribution in [0.1, 0.15) is 81.1 Å². The van der Waals surface area contributed by atoms with E-state index in [2.05, 4.69) is 6.92 Å². The molecule has 2 rings (SSSR count). The summed E-state index contributed by atoms with van der Waals surface area (Å²) in [6.45, 7) is 3.24. The molecule has 0 bridgehead atoms. The van der Waals surface area contributed by atoms with Crippen molar-refractivity contribution < 1.29 is 32.8 Å². The van der Waals surface area contributed by atoms with Crippen molar-refractivity contribution in [3.8, 4) is 5.75 Å². The van der Waals surface area contributed by atoms with Gasteiger partial charge in [0.1, 0.15) is 17.1 Å². The number of rotatable bonds is 12. The molecule has 1 aliphatic heterocycles. The average molecular weight is 424 g/mol. The molecule has 8 heteroatoms. The molecular weight excluding hydrogens is 393 g/mol. The van der Waals surface area contributed by atoms with Crippen LogP contribution in [0, 0.1) is 0 Å². The van der Waals surface area contributed by atoms with E-state index in [1.807, 2.05) is 0 Å². The molecule has 166 valence electrons. The van der Waals surface area contributed by atoms with Crippen LogP contribution in [0.15, 0.2) is 18.2 Å². The van der Waals surface area contributed by atoms with Crippen LogP contribution >= 0.6 is 0 Å². The first-order chi connectivity index (χ1) is 14.2. The van der Waals surface area contributed by atoms with Crippen molar-refractivity contribution in [3.63, 3.8) is 0 Å². The monoisotopic (exact) mass is 424 g/mol. The lowest BCUT2D eigenvalue weighted by atomic mass is 9.64. The van der Waals surface area contributed by atoms with Crippen LogP contribution in [0.5, 0.6) is 5.75 Å². The lowest BCUT2D eigenvalue weighted by molar-refractivity contribution is -0.121. The summed E-state index contributed by atoms with van der Waals surface area (Å²) in [7, 11) is -1.29. The lowest BCUT2D eigenvalue weighted by Gasteiger charge is -2.28. The number of carbonyl (C=O) groups excluding carboxylic acids is 2. The number of carbonyl (C=O) groups is 2. The Bertz CT molecular complexity index is 720. The Kier molecular flexibility index (Phi) is 9.27. The summed E-state index contributed by atoms with van der Waals surface area (Å²) in [5, 5.41) is 10.3. The van der Waals surface area contributed by atoms with Gasteiger partial charge in [-0.3, -0.25) is 4.79 Å². The van der Waals surface area contributed by atoms with Gasteiger partial charge in [0.05, 0.1) is 6.61 Å². The van der Waals surface area contributed by atoms with E-state index in [0.717, 1.165) is 39.0 Å². The van der Waals surface area contributed by atoms with E-state index in [4.69, 9.17) is 9.39 Å². The summed E-state index contributed by atoms with van der Waals surface area (Å²) < 4.78 is 36.8. The van der Waals surface area contributed by atoms with Crippen LogP contribution in [-0.4, -0.2) is 36.4 Å². The van der Waals surface area contributed by atoms with Crippen molar-refractivity contribution >= 4 is 18.9 Å². The highest BCUT2D eigenvalue weighted by Gasteiger charge is 2.38. The smallest absolute Gasteiger partial charge is 0.526 e. The van der Waals surface area contributed by atoms with E-state index in [-0.39, 0.29) is 29.9 Å². The number of ether oxygens (including phenoxy) is 1. The molecule has 30 heavy (non-hydrogen) atoms. The van der Waals surface area contributed by atoms with Gasteiger partial charge in [0.25, 0.3) is 0 Å². The number of hydrogen-bond acceptors (Lipinski definition) is 5. The quantitative estimate of drug-likeness (QED) is 0.291. The molecule has 1 N–H and O–H groups in total. The number of benzene rings is 1. The molecule has 0 fully saturated rings. The van der Waals surface area contributed by atoms with Gasteiger partial charge < -0.3 is 14.4 Å². The maximum absolute atomic E-state index is 13.0. The van der Waals surface area contributed by atoms with Gasteiger partial charge in [0, 0.05) is 25.1 Å². The number of unbranched alkanes of at least 4 members (excludes halogenated alkanes) is 4. The second kappa shape index (κ2) is 11.4. The minimum Gasteiger partial charge on any atom is -0.535 e. The first kappa shape index (κ1) is 24.3. The Hall–Kier alpha value is -1.96. The van der Waals surface area contributed by atoms with Gasteiger partial charge in [0.2, 0.25) is 5.92 Å². The number of ketones is 1. The molecule has 1 heterocycles. The van der Waals surface area contributed by atoms with E-state index in [0.29, 0.717) is 18.6 Å². The zero-order chi connectivity index (χ0) is 22.1. The fourth-order valence-corrected chi connectivity index (χ4v) is 3.52. The van der Waals surface area contributed by atoms with E-state index in [1.165, 1.54) is 0 Å². The van der Waals surface area contributed by atoms with Gasteiger partial charge >= 0.3 is 13.1 Å². The van der Waals surface area contributed by atoms with Crippen molar-refractivity contribution in [1.29, 1.82) is 0 Å². The average Bonchev–Trinajstić information content (AvgIpc) is 2.68. The Morgan fingerprint density at radius 2 is 2.00 bits per heavy atom. The summed E-state index contributed by atoms with van der Waals surface area (Å²) in [5.41, 5.74) is 0.937. The summed E-state index contributed by atoms with van der Waals surface area (Å²) in [6.07, 6.45) is 4.73. The third-order valence-corrected chi connectivity index (χ3v) is 5.25. The zero-order valence-electron chi connectivity index (χ0n) is 17.8. The van der Waals surface area contributed by atoms with E-state index < -0.39 is 31.2 Å². The standard InChI is InChI=1S/C22H31BF2O5/c1-3-4-5-6-7-13-29-21(27)19-10-8-9-16-14-17(23(28)30-20(16)19)15-18(26)11-12-22(2,24)25/h8-10,17,28H,3-7,11-15H2,1-2H3/t17-/m1/s1. The molecule has 0 saturated carbocycles. The van der Waals surface area contributed by atoms with E-state index in [1.54, 1.807) is 18.2 Å². The SMILES string of the molecule is CCCCCCCOC(=O)c1cccc2c1OB(O)[C@@H](CC(=O)CCC(C)(F)F)C2. The maximum Gasteiger partial charge on any atom is 0.526 e. The number of halogens is 2. The van der Waals surface area contributed by atoms with Crippen LogP contribution in [0.25, 0.3) is 0 Å². The fourth-order valence-electron chi connectivity index (χ4n) is 3.52. The molecule has 0 aliphatic carbocycles. The molecule has 0 aromatic heterocycles. The van der Waals surface area contributed by atoms with Crippen LogP contribution in [0.4, 0.5) is 8.78 Å². The number of esters is 1. The van der Waals surface area contributed by atoms with Gasteiger partial charge in [-0.25, -0.2) is 13.6 Å². The fraction of sp³-hybridized carbons (Fsp3) is 0.636. The molecule has 1 atom stereocenters. The highest BCUT2D eigenvalue weighted by Crippen LogP contribution is 2.37. The number of alkyl halides is 2. The third-order valence-electron chi connectivity index (χ3n) is 5.25. The molecule has 1 aromatic carbocycles. The largest absolute Gasteiger partial charge is 0.535 e. The Morgan fingerprint density at radius 1 is 1.27 bits per heavy atom. The molecule has 0 radical (unpaired) electrons. The summed E-state index contributed by atoms with van der Waals surface area (Å²) in [5.74, 6) is -4.01. The van der Waals surface area contributed by atoms with Gasteiger partial charge in [-0.2, -0.15) is 0 Å². The maximum atomic E-state index is 13.0. The van der Waals surface area contributed by atoms with Gasteiger partial charge in [0.15, 0.2) is 0 Å². The number of Topliss-reactive ketones (excluding diaryl/α,β-unsaturated/α-hetero) is 1. The van der Waals surface area contributed by atoms with Gasteiger partial charge in [-0.15, -0.1) is 0 Å². The summed E-state index contributed by atoms with van der Waals surface area (Å²) in [4.78, 5) is 24.5. The van der Waals surface area contributed by atoms with Crippen molar-refractivity contribution in [3.05, 3.63) is 29.3 Å². The predicted octanol–water partition coefficient (Wildman–Crippen LogP) is 4.99. The molecule has 1 aromatic rings. The van der Waals surface area contributed by atoms with E-state index >= 15 is 0 Å². The van der Waals surface area contributed by atoms with Crippen LogP contribution in [-0.2, 0) is 16.0 Å². The van der Waals surface area contributed by atoms with Crippen molar-refractivity contribution in [2.75, 3.05) is 6.61 Å². The molecule has 0 saturated heterocycles. The molecule has 0 amide bonds. The second-order valence-electron chi connectivity index (χ2n) is 8.13. The predicted molar refractivity (Wildman–Crippen MR) is 111 cm³/mol. The normalized spacial score (nSPS) is 16.0. The number of para-hydroxylation sites is 1. The first-order valence-electron chi connectivity index (χ1n) is 10.7. The number of fused-ring (bicyclic) bond motifs is 1. The molecule has 0 spiro atoms. The third kappa shape index (κ3) is 7.71. The van der Waals surface area contributed by atoms with Crippen molar-refractivity contribution in [2.45, 2.75) is 83.4 Å². The second-order valence-corrected chi connectivity index (χ2v) is 8.13. The molecular formula is C22H31BF2O5. The highest BCUT2D eigenvalue weighted by atomic mass is 19.3. The van der Waals surface area contributed by atoms with E-state index in [9.17, 15) is 23.4 Å². The van der Waals surface area contributed by atoms with Gasteiger partial charge in [-0.1, -0.05) is 44.7 Å². The molecule has 0 unspecified atom stereocenters. The zero-order valence-corrected chi connectivity index (χ0v) is 17.8. The Morgan fingerprint density at radius 3 is 2.70 bits per heavy atom. The minimum atomic E-state index is -2.89. The molecule has 1 aliphatic rings. The van der Waals surface area contributed by atoms with Crippen molar-refractivity contribution in [2.24, 2.45) is 0 Å². The Labute approximate surface area is 177 Å². The number of hydrogen-bond donors (Lipinski definition) is 1. The Balaban J connectivity index is 1.93. The van der Waals surface area contributed by atoms with Crippen LogP contribution in [0.2, 0.25) is 5.82 Å². The minimum absolute atomic E-state index is 0.0525. The summed E-state index contributed by atoms with van der Waals surface area (Å²) >= 11 is 0. The topological polar surface area (TPSA) is 72.8 Å². The van der Waals surface area contributed by atoms with Crippen LogP contribution in [0.3, 0.4) is 0 Å².